The predicted octanol–water partition coefficient (Wildman–Crippen LogP) is 3.23. The van der Waals surface area contributed by atoms with Gasteiger partial charge in [-0.2, -0.15) is 0 Å². The average Bonchev–Trinajstić information content (AvgIpc) is 2.79. The summed E-state index contributed by atoms with van der Waals surface area (Å²) in [5.41, 5.74) is 3.55. The van der Waals surface area contributed by atoms with Gasteiger partial charge in [-0.1, -0.05) is 25.1 Å². The zero-order valence-corrected chi connectivity index (χ0v) is 12.1. The number of benzene rings is 1. The highest BCUT2D eigenvalue weighted by Gasteiger charge is 2.41. The highest BCUT2D eigenvalue weighted by Crippen LogP contribution is 2.49. The second-order valence-electron chi connectivity index (χ2n) is 6.58. The van der Waals surface area contributed by atoms with Gasteiger partial charge in [-0.05, 0) is 44.3 Å². The number of fused-ring (bicyclic) bond motifs is 6. The molecule has 106 valence electrons. The molecule has 0 radical (unpaired) electrons. The number of aliphatic hydroxyl groups excluding tert-OH is 1. The lowest BCUT2D eigenvalue weighted by molar-refractivity contribution is 0.0580. The quantitative estimate of drug-likeness (QED) is 0.771. The maximum atomic E-state index is 10.6. The van der Waals surface area contributed by atoms with Crippen LogP contribution < -0.4 is 0 Å². The maximum absolute atomic E-state index is 10.6. The van der Waals surface area contributed by atoms with E-state index >= 15 is 0 Å². The first-order valence-corrected chi connectivity index (χ1v) is 7.65. The number of aliphatic hydroxyl groups is 1. The van der Waals surface area contributed by atoms with E-state index in [1.54, 1.807) is 0 Å². The molecule has 20 heavy (non-hydrogen) atoms. The Hall–Kier alpha value is -1.32. The molecule has 1 aliphatic heterocycles. The van der Waals surface area contributed by atoms with Crippen LogP contribution in [0.1, 0.15) is 43.2 Å². The minimum absolute atomic E-state index is 0.346. The van der Waals surface area contributed by atoms with Crippen molar-refractivity contribution in [3.63, 3.8) is 0 Å². The van der Waals surface area contributed by atoms with E-state index in [0.29, 0.717) is 17.9 Å². The van der Waals surface area contributed by atoms with E-state index in [4.69, 9.17) is 0 Å². The predicted molar refractivity (Wildman–Crippen MR) is 80.5 cm³/mol. The molecule has 4 atom stereocenters. The van der Waals surface area contributed by atoms with Gasteiger partial charge in [0.15, 0.2) is 0 Å². The molecule has 0 amide bonds. The molecule has 0 saturated carbocycles. The first kappa shape index (κ1) is 12.4. The molecule has 0 spiro atoms. The summed E-state index contributed by atoms with van der Waals surface area (Å²) in [4.78, 5) is 5.95. The standard InChI is InChI=1S/C17H22N2O/c1-10-11-7-8-19(2)17(10)15-12-5-3-4-6-13(12)18-16(15)14(20)9-11/h3-6,10-11,14,17-18,20H,7-9H2,1-2H3/t10?,11-,14+,17-/m0/s1. The lowest BCUT2D eigenvalue weighted by Gasteiger charge is -2.41. The third kappa shape index (κ3) is 1.60. The van der Waals surface area contributed by atoms with Gasteiger partial charge in [0.1, 0.15) is 0 Å². The van der Waals surface area contributed by atoms with Crippen LogP contribution >= 0.6 is 0 Å². The fourth-order valence-corrected chi connectivity index (χ4v) is 4.42. The summed E-state index contributed by atoms with van der Waals surface area (Å²) in [6, 6.07) is 8.88. The number of nitrogens with one attached hydrogen (secondary N) is 1. The lowest BCUT2D eigenvalue weighted by atomic mass is 9.78. The topological polar surface area (TPSA) is 39.3 Å². The summed E-state index contributed by atoms with van der Waals surface area (Å²) < 4.78 is 0. The van der Waals surface area contributed by atoms with Crippen LogP contribution in [0.2, 0.25) is 0 Å². The van der Waals surface area contributed by atoms with E-state index in [-0.39, 0.29) is 6.10 Å². The Kier molecular flexibility index (Phi) is 2.69. The third-order valence-electron chi connectivity index (χ3n) is 5.50. The van der Waals surface area contributed by atoms with Crippen molar-refractivity contribution in [2.75, 3.05) is 13.6 Å². The van der Waals surface area contributed by atoms with Crippen molar-refractivity contribution in [3.8, 4) is 0 Å². The van der Waals surface area contributed by atoms with Gasteiger partial charge < -0.3 is 10.1 Å². The van der Waals surface area contributed by atoms with Gasteiger partial charge in [-0.3, -0.25) is 4.90 Å². The first-order valence-electron chi connectivity index (χ1n) is 7.65. The van der Waals surface area contributed by atoms with Crippen LogP contribution in [0.15, 0.2) is 24.3 Å². The minimum atomic E-state index is -0.346. The summed E-state index contributed by atoms with van der Waals surface area (Å²) in [6.45, 7) is 3.49. The van der Waals surface area contributed by atoms with Crippen molar-refractivity contribution >= 4 is 10.9 Å². The molecule has 1 aromatic carbocycles. The fourth-order valence-electron chi connectivity index (χ4n) is 4.42. The zero-order valence-electron chi connectivity index (χ0n) is 12.1. The lowest BCUT2D eigenvalue weighted by Crippen LogP contribution is -2.39. The fraction of sp³-hybridized carbons (Fsp3) is 0.529. The molecule has 2 aromatic rings. The van der Waals surface area contributed by atoms with E-state index in [0.717, 1.165) is 24.2 Å². The van der Waals surface area contributed by atoms with E-state index in [1.165, 1.54) is 17.4 Å². The molecule has 1 fully saturated rings. The summed E-state index contributed by atoms with van der Waals surface area (Å²) in [5.74, 6) is 1.23. The monoisotopic (exact) mass is 270 g/mol. The molecule has 2 bridgehead atoms. The normalized spacial score (nSPS) is 34.0. The summed E-state index contributed by atoms with van der Waals surface area (Å²) >= 11 is 0. The molecular formula is C17H22N2O. The zero-order chi connectivity index (χ0) is 13.9. The average molecular weight is 270 g/mol. The van der Waals surface area contributed by atoms with Crippen molar-refractivity contribution in [2.45, 2.75) is 31.9 Å². The molecule has 3 nitrogen and oxygen atoms in total. The number of hydrogen-bond donors (Lipinski definition) is 2. The van der Waals surface area contributed by atoms with Crippen LogP contribution in [0.4, 0.5) is 0 Å². The smallest absolute Gasteiger partial charge is 0.0944 e. The second-order valence-corrected chi connectivity index (χ2v) is 6.58. The number of nitrogens with zero attached hydrogens (tertiary/aromatic N) is 1. The summed E-state index contributed by atoms with van der Waals surface area (Å²) in [6.07, 6.45) is 1.75. The molecule has 3 heteroatoms. The van der Waals surface area contributed by atoms with Crippen molar-refractivity contribution in [1.82, 2.24) is 9.88 Å². The van der Waals surface area contributed by atoms with Gasteiger partial charge in [0.25, 0.3) is 0 Å². The van der Waals surface area contributed by atoms with Crippen LogP contribution in [-0.2, 0) is 0 Å². The van der Waals surface area contributed by atoms with Gasteiger partial charge in [-0.25, -0.2) is 0 Å². The number of hydrogen-bond acceptors (Lipinski definition) is 2. The molecule has 2 heterocycles. The first-order chi connectivity index (χ1) is 9.66. The molecule has 1 aliphatic carbocycles. The van der Waals surface area contributed by atoms with E-state index in [1.807, 2.05) is 0 Å². The molecule has 4 rings (SSSR count). The number of aromatic amines is 1. The number of piperidine rings is 1. The number of likely N-dealkylation sites (tertiary alicyclic amines) is 1. The Labute approximate surface area is 119 Å². The summed E-state index contributed by atoms with van der Waals surface area (Å²) in [5, 5.41) is 11.9. The number of para-hydroxylation sites is 1. The maximum Gasteiger partial charge on any atom is 0.0944 e. The Balaban J connectivity index is 1.99. The van der Waals surface area contributed by atoms with Crippen LogP contribution in [0.25, 0.3) is 10.9 Å². The number of H-pyrrole nitrogens is 1. The highest BCUT2D eigenvalue weighted by atomic mass is 16.3. The molecule has 1 unspecified atom stereocenters. The molecule has 1 aromatic heterocycles. The third-order valence-corrected chi connectivity index (χ3v) is 5.50. The minimum Gasteiger partial charge on any atom is -0.387 e. The Bertz CT molecular complexity index is 647. The molecule has 2 aliphatic rings. The number of rotatable bonds is 0. The SMILES string of the molecule is CC1[C@H]2CCN(C)[C@@H]1c1c([nH]c3ccccc13)[C@H](O)C2. The molecular weight excluding hydrogens is 248 g/mol. The Morgan fingerprint density at radius 3 is 2.95 bits per heavy atom. The van der Waals surface area contributed by atoms with Crippen LogP contribution in [-0.4, -0.2) is 28.6 Å². The van der Waals surface area contributed by atoms with Gasteiger partial charge in [-0.15, -0.1) is 0 Å². The van der Waals surface area contributed by atoms with E-state index < -0.39 is 0 Å². The van der Waals surface area contributed by atoms with Crippen molar-refractivity contribution in [2.24, 2.45) is 11.8 Å². The van der Waals surface area contributed by atoms with Crippen LogP contribution in [0.5, 0.6) is 0 Å². The van der Waals surface area contributed by atoms with E-state index in [2.05, 4.69) is 48.1 Å². The van der Waals surface area contributed by atoms with Gasteiger partial charge in [0.05, 0.1) is 6.10 Å². The molecule has 1 saturated heterocycles. The second kappa shape index (κ2) is 4.34. The summed E-state index contributed by atoms with van der Waals surface area (Å²) in [7, 11) is 2.22. The van der Waals surface area contributed by atoms with E-state index in [9.17, 15) is 5.11 Å². The Morgan fingerprint density at radius 2 is 2.10 bits per heavy atom. The largest absolute Gasteiger partial charge is 0.387 e. The van der Waals surface area contributed by atoms with Crippen LogP contribution in [0.3, 0.4) is 0 Å². The number of aromatic nitrogens is 1. The van der Waals surface area contributed by atoms with Crippen molar-refractivity contribution < 1.29 is 5.11 Å². The van der Waals surface area contributed by atoms with Gasteiger partial charge in [0.2, 0.25) is 0 Å². The Morgan fingerprint density at radius 1 is 1.30 bits per heavy atom. The molecule has 2 N–H and O–H groups in total. The van der Waals surface area contributed by atoms with Gasteiger partial charge >= 0.3 is 0 Å². The highest BCUT2D eigenvalue weighted by molar-refractivity contribution is 5.85. The van der Waals surface area contributed by atoms with Crippen molar-refractivity contribution in [1.29, 1.82) is 0 Å². The van der Waals surface area contributed by atoms with Gasteiger partial charge in [0, 0.05) is 28.2 Å². The van der Waals surface area contributed by atoms with Crippen molar-refractivity contribution in [3.05, 3.63) is 35.5 Å². The van der Waals surface area contributed by atoms with Crippen LogP contribution in [0, 0.1) is 11.8 Å².